The van der Waals surface area contributed by atoms with Gasteiger partial charge in [0.25, 0.3) is 0 Å². The van der Waals surface area contributed by atoms with E-state index >= 15 is 0 Å². The minimum absolute atomic E-state index is 0.0761. The molecule has 6 nitrogen and oxygen atoms in total. The van der Waals surface area contributed by atoms with Crippen LogP contribution in [-0.2, 0) is 25.8 Å². The zero-order chi connectivity index (χ0) is 20.7. The molecule has 0 heterocycles. The molecule has 0 aliphatic carbocycles. The van der Waals surface area contributed by atoms with E-state index in [1.165, 1.54) is 14.2 Å². The van der Waals surface area contributed by atoms with Crippen molar-refractivity contribution in [2.45, 2.75) is 20.5 Å². The normalized spacial score (nSPS) is 11.9. The number of carbonyl (C=O) groups excluding carboxylic acids is 1. The van der Waals surface area contributed by atoms with E-state index < -0.39 is 5.97 Å². The standard InChI is InChI=1S/C20H22BrN2O4P/c1-12-7-5-9-15(18(23-26-4)20(24)25-3)16(12)11-27-22-13(2)14-8-6-10-17(21)19(14)28/h5-10H,11,28H2,1-4H3/b22-13+,23-18+. The van der Waals surface area contributed by atoms with E-state index in [0.717, 1.165) is 32.2 Å². The number of rotatable bonds is 7. The Morgan fingerprint density at radius 3 is 2.46 bits per heavy atom. The van der Waals surface area contributed by atoms with Crippen molar-refractivity contribution in [1.29, 1.82) is 0 Å². The lowest BCUT2D eigenvalue weighted by atomic mass is 9.99. The summed E-state index contributed by atoms with van der Waals surface area (Å²) < 4.78 is 5.79. The van der Waals surface area contributed by atoms with Crippen LogP contribution >= 0.6 is 25.2 Å². The van der Waals surface area contributed by atoms with Gasteiger partial charge in [-0.3, -0.25) is 0 Å². The number of nitrogens with zero attached hydrogens (tertiary/aromatic N) is 2. The maximum Gasteiger partial charge on any atom is 0.360 e. The lowest BCUT2D eigenvalue weighted by molar-refractivity contribution is -0.132. The highest BCUT2D eigenvalue weighted by molar-refractivity contribution is 9.10. The monoisotopic (exact) mass is 464 g/mol. The third kappa shape index (κ3) is 5.18. The van der Waals surface area contributed by atoms with Gasteiger partial charge in [0.2, 0.25) is 0 Å². The molecule has 0 bridgehead atoms. The molecular weight excluding hydrogens is 443 g/mol. The molecule has 0 saturated heterocycles. The van der Waals surface area contributed by atoms with Crippen molar-refractivity contribution >= 4 is 47.9 Å². The number of ether oxygens (including phenoxy) is 1. The molecule has 0 fully saturated rings. The number of hydrogen-bond acceptors (Lipinski definition) is 6. The van der Waals surface area contributed by atoms with Gasteiger partial charge >= 0.3 is 5.97 Å². The summed E-state index contributed by atoms with van der Waals surface area (Å²) in [6.45, 7) is 3.97. The van der Waals surface area contributed by atoms with E-state index in [1.54, 1.807) is 6.07 Å². The van der Waals surface area contributed by atoms with Gasteiger partial charge in [-0.2, -0.15) is 0 Å². The van der Waals surface area contributed by atoms with Crippen molar-refractivity contribution in [3.63, 3.8) is 0 Å². The van der Waals surface area contributed by atoms with Crippen LogP contribution in [0.15, 0.2) is 51.2 Å². The minimum atomic E-state index is -0.588. The molecule has 8 heteroatoms. The van der Waals surface area contributed by atoms with Crippen LogP contribution < -0.4 is 5.30 Å². The molecule has 0 N–H and O–H groups in total. The molecular formula is C20H22BrN2O4P. The van der Waals surface area contributed by atoms with Gasteiger partial charge in [0.1, 0.15) is 13.7 Å². The number of benzene rings is 2. The van der Waals surface area contributed by atoms with Crippen molar-refractivity contribution in [2.75, 3.05) is 14.2 Å². The molecule has 0 aromatic heterocycles. The van der Waals surface area contributed by atoms with E-state index in [2.05, 4.69) is 35.5 Å². The fraction of sp³-hybridized carbons (Fsp3) is 0.250. The van der Waals surface area contributed by atoms with Crippen LogP contribution in [0.1, 0.15) is 29.2 Å². The summed E-state index contributed by atoms with van der Waals surface area (Å²) in [6, 6.07) is 11.4. The van der Waals surface area contributed by atoms with Gasteiger partial charge in [0.05, 0.1) is 12.8 Å². The van der Waals surface area contributed by atoms with Crippen molar-refractivity contribution in [3.05, 3.63) is 63.1 Å². The average molecular weight is 465 g/mol. The second-order valence-corrected chi connectivity index (χ2v) is 7.30. The van der Waals surface area contributed by atoms with E-state index in [9.17, 15) is 4.79 Å². The quantitative estimate of drug-likeness (QED) is 0.271. The molecule has 2 rings (SSSR count). The van der Waals surface area contributed by atoms with Crippen molar-refractivity contribution in [1.82, 2.24) is 0 Å². The van der Waals surface area contributed by atoms with Gasteiger partial charge in [-0.15, -0.1) is 9.24 Å². The topological polar surface area (TPSA) is 69.5 Å². The largest absolute Gasteiger partial charge is 0.464 e. The Kier molecular flexibility index (Phi) is 8.15. The number of carbonyl (C=O) groups is 1. The summed E-state index contributed by atoms with van der Waals surface area (Å²) in [6.07, 6.45) is 0. The number of aryl methyl sites for hydroxylation is 1. The van der Waals surface area contributed by atoms with Crippen molar-refractivity contribution in [2.24, 2.45) is 10.3 Å². The molecule has 1 unspecified atom stereocenters. The van der Waals surface area contributed by atoms with Crippen LogP contribution in [0.5, 0.6) is 0 Å². The first kappa shape index (κ1) is 22.1. The molecule has 0 spiro atoms. The van der Waals surface area contributed by atoms with E-state index in [1.807, 2.05) is 44.2 Å². The lowest BCUT2D eigenvalue weighted by Gasteiger charge is -2.13. The number of halogens is 1. The molecule has 1 atom stereocenters. The van der Waals surface area contributed by atoms with Gasteiger partial charge in [-0.1, -0.05) is 56.6 Å². The van der Waals surface area contributed by atoms with E-state index in [0.29, 0.717) is 5.56 Å². The van der Waals surface area contributed by atoms with Crippen LogP contribution in [0.4, 0.5) is 0 Å². The summed E-state index contributed by atoms with van der Waals surface area (Å²) in [5.74, 6) is -0.588. The highest BCUT2D eigenvalue weighted by Gasteiger charge is 2.20. The van der Waals surface area contributed by atoms with E-state index in [-0.39, 0.29) is 12.3 Å². The maximum absolute atomic E-state index is 12.1. The number of methoxy groups -OCH3 is 1. The van der Waals surface area contributed by atoms with Gasteiger partial charge < -0.3 is 14.4 Å². The molecule has 0 radical (unpaired) electrons. The molecule has 0 saturated carbocycles. The highest BCUT2D eigenvalue weighted by atomic mass is 79.9. The van der Waals surface area contributed by atoms with Crippen LogP contribution in [-0.4, -0.2) is 31.6 Å². The fourth-order valence-corrected chi connectivity index (χ4v) is 3.36. The Labute approximate surface area is 175 Å². The Bertz CT molecular complexity index is 928. The highest BCUT2D eigenvalue weighted by Crippen LogP contribution is 2.19. The first-order valence-corrected chi connectivity index (χ1v) is 9.77. The van der Waals surface area contributed by atoms with Crippen molar-refractivity contribution in [3.8, 4) is 0 Å². The second-order valence-electron chi connectivity index (χ2n) is 5.87. The zero-order valence-corrected chi connectivity index (χ0v) is 18.9. The molecule has 2 aromatic rings. The molecule has 2 aromatic carbocycles. The van der Waals surface area contributed by atoms with Gasteiger partial charge in [0.15, 0.2) is 5.71 Å². The summed E-state index contributed by atoms with van der Waals surface area (Å²) in [5, 5.41) is 9.06. The molecule has 0 amide bonds. The Morgan fingerprint density at radius 1 is 1.11 bits per heavy atom. The second kappa shape index (κ2) is 10.3. The molecule has 0 aliphatic heterocycles. The lowest BCUT2D eigenvalue weighted by Crippen LogP contribution is -2.20. The number of esters is 1. The molecule has 148 valence electrons. The van der Waals surface area contributed by atoms with Crippen LogP contribution in [0.3, 0.4) is 0 Å². The van der Waals surface area contributed by atoms with Crippen LogP contribution in [0.25, 0.3) is 0 Å². The fourth-order valence-electron chi connectivity index (χ4n) is 2.60. The van der Waals surface area contributed by atoms with Gasteiger partial charge in [-0.05, 0) is 30.8 Å². The van der Waals surface area contributed by atoms with Crippen LogP contribution in [0, 0.1) is 6.92 Å². The summed E-state index contributed by atoms with van der Waals surface area (Å²) in [5.41, 5.74) is 4.07. The zero-order valence-electron chi connectivity index (χ0n) is 16.2. The van der Waals surface area contributed by atoms with Crippen molar-refractivity contribution < 1.29 is 19.2 Å². The third-order valence-electron chi connectivity index (χ3n) is 4.08. The minimum Gasteiger partial charge on any atom is -0.464 e. The van der Waals surface area contributed by atoms with Gasteiger partial charge in [-0.25, -0.2) is 4.79 Å². The molecule has 0 aliphatic rings. The van der Waals surface area contributed by atoms with Gasteiger partial charge in [0, 0.05) is 21.2 Å². The number of oxime groups is 2. The third-order valence-corrected chi connectivity index (χ3v) is 5.82. The number of hydrogen-bond donors (Lipinski definition) is 0. The first-order valence-electron chi connectivity index (χ1n) is 8.40. The van der Waals surface area contributed by atoms with Crippen LogP contribution in [0.2, 0.25) is 0 Å². The average Bonchev–Trinajstić information content (AvgIpc) is 2.68. The smallest absolute Gasteiger partial charge is 0.360 e. The summed E-state index contributed by atoms with van der Waals surface area (Å²) in [4.78, 5) is 22.5. The van der Waals surface area contributed by atoms with E-state index in [4.69, 9.17) is 14.4 Å². The Balaban J connectivity index is 2.31. The molecule has 28 heavy (non-hydrogen) atoms. The Morgan fingerprint density at radius 2 is 1.79 bits per heavy atom. The Hall–Kier alpha value is -2.24. The first-order chi connectivity index (χ1) is 13.4. The maximum atomic E-state index is 12.1. The predicted octanol–water partition coefficient (Wildman–Crippen LogP) is 3.72. The summed E-state index contributed by atoms with van der Waals surface area (Å²) >= 11 is 3.50. The SMILES string of the molecule is CO/N=C(/C(=O)OC)c1cccc(C)c1CO/N=C(\C)c1cccc(Br)c1P. The summed E-state index contributed by atoms with van der Waals surface area (Å²) in [7, 11) is 5.36. The predicted molar refractivity (Wildman–Crippen MR) is 117 cm³/mol.